The van der Waals surface area contributed by atoms with Gasteiger partial charge in [-0.25, -0.2) is 4.79 Å². The number of aromatic nitrogens is 2. The summed E-state index contributed by atoms with van der Waals surface area (Å²) >= 11 is 1.26. The van der Waals surface area contributed by atoms with Gasteiger partial charge in [-0.15, -0.1) is 11.3 Å². The SMILES string of the molecule is COc1ccc([N+](=O)[O-])cc1NC(=O)C(C)OC(=O)c1cc2c(C)nn(CC(C)C)c2s1. The maximum Gasteiger partial charge on any atom is 0.349 e. The molecule has 0 aliphatic carbocycles. The molecule has 0 bridgehead atoms. The number of nitrogens with one attached hydrogen (secondary N) is 1. The molecule has 2 aromatic heterocycles. The van der Waals surface area contributed by atoms with Crippen molar-refractivity contribution in [2.24, 2.45) is 5.92 Å². The van der Waals surface area contributed by atoms with Crippen LogP contribution < -0.4 is 10.1 Å². The molecule has 1 unspecified atom stereocenters. The zero-order valence-electron chi connectivity index (χ0n) is 18.4. The summed E-state index contributed by atoms with van der Waals surface area (Å²) in [5, 5.41) is 18.9. The number of hydrogen-bond acceptors (Lipinski definition) is 8. The number of carbonyl (C=O) groups is 2. The third-order valence-electron chi connectivity index (χ3n) is 4.65. The first-order chi connectivity index (χ1) is 15.1. The van der Waals surface area contributed by atoms with Crippen LogP contribution in [-0.4, -0.2) is 39.8 Å². The second kappa shape index (κ2) is 9.35. The molecule has 0 spiro atoms. The molecule has 0 fully saturated rings. The normalized spacial score (nSPS) is 12.1. The van der Waals surface area contributed by atoms with E-state index in [-0.39, 0.29) is 17.1 Å². The van der Waals surface area contributed by atoms with Crippen LogP contribution in [0.4, 0.5) is 11.4 Å². The van der Waals surface area contributed by atoms with Crippen molar-refractivity contribution in [1.29, 1.82) is 0 Å². The lowest BCUT2D eigenvalue weighted by Crippen LogP contribution is -2.30. The Balaban J connectivity index is 1.74. The molecule has 0 aliphatic rings. The largest absolute Gasteiger partial charge is 0.495 e. The fourth-order valence-electron chi connectivity index (χ4n) is 3.10. The van der Waals surface area contributed by atoms with Gasteiger partial charge >= 0.3 is 5.97 Å². The van der Waals surface area contributed by atoms with Gasteiger partial charge in [0.15, 0.2) is 6.10 Å². The van der Waals surface area contributed by atoms with Crippen LogP contribution in [0.15, 0.2) is 24.3 Å². The third-order valence-corrected chi connectivity index (χ3v) is 5.78. The van der Waals surface area contributed by atoms with E-state index in [1.165, 1.54) is 43.6 Å². The van der Waals surface area contributed by atoms with Gasteiger partial charge in [0.25, 0.3) is 11.6 Å². The molecule has 1 atom stereocenters. The first-order valence-corrected chi connectivity index (χ1v) is 10.7. The second-order valence-electron chi connectivity index (χ2n) is 7.67. The van der Waals surface area contributed by atoms with Crippen molar-refractivity contribution in [3.8, 4) is 5.75 Å². The molecule has 170 valence electrons. The minimum absolute atomic E-state index is 0.112. The highest BCUT2D eigenvalue weighted by molar-refractivity contribution is 7.20. The molecular formula is C21H24N4O6S. The van der Waals surface area contributed by atoms with Crippen molar-refractivity contribution in [1.82, 2.24) is 9.78 Å². The molecule has 0 radical (unpaired) electrons. The summed E-state index contributed by atoms with van der Waals surface area (Å²) in [6, 6.07) is 5.54. The van der Waals surface area contributed by atoms with Crippen LogP contribution in [-0.2, 0) is 16.1 Å². The molecule has 11 heteroatoms. The number of anilines is 1. The molecule has 0 saturated carbocycles. The first kappa shape index (κ1) is 23.2. The number of nitrogens with zero attached hydrogens (tertiary/aromatic N) is 3. The number of esters is 1. The van der Waals surface area contributed by atoms with Crippen molar-refractivity contribution in [3.63, 3.8) is 0 Å². The number of benzene rings is 1. The molecule has 10 nitrogen and oxygen atoms in total. The van der Waals surface area contributed by atoms with Crippen molar-refractivity contribution < 1.29 is 24.0 Å². The Hall–Kier alpha value is -3.47. The molecule has 3 aromatic rings. The Morgan fingerprint density at radius 1 is 1.28 bits per heavy atom. The number of amides is 1. The van der Waals surface area contributed by atoms with Gasteiger partial charge in [0, 0.05) is 24.1 Å². The maximum atomic E-state index is 12.7. The monoisotopic (exact) mass is 460 g/mol. The van der Waals surface area contributed by atoms with Gasteiger partial charge in [-0.05, 0) is 31.9 Å². The number of carbonyl (C=O) groups excluding carboxylic acids is 2. The Morgan fingerprint density at radius 2 is 2.00 bits per heavy atom. The highest BCUT2D eigenvalue weighted by atomic mass is 32.1. The van der Waals surface area contributed by atoms with Gasteiger partial charge in [0.05, 0.1) is 23.4 Å². The molecule has 1 amide bonds. The molecule has 1 aromatic carbocycles. The highest BCUT2D eigenvalue weighted by Gasteiger charge is 2.24. The van der Waals surface area contributed by atoms with E-state index in [0.717, 1.165) is 22.5 Å². The van der Waals surface area contributed by atoms with E-state index in [1.54, 1.807) is 6.07 Å². The van der Waals surface area contributed by atoms with Crippen LogP contribution in [0.25, 0.3) is 10.2 Å². The summed E-state index contributed by atoms with van der Waals surface area (Å²) in [7, 11) is 1.38. The van der Waals surface area contributed by atoms with Crippen molar-refractivity contribution in [3.05, 3.63) is 45.0 Å². The number of ether oxygens (including phenoxy) is 2. The van der Waals surface area contributed by atoms with Crippen molar-refractivity contribution >= 4 is 44.8 Å². The van der Waals surface area contributed by atoms with Gasteiger partial charge in [-0.3, -0.25) is 19.6 Å². The zero-order valence-corrected chi connectivity index (χ0v) is 19.2. The van der Waals surface area contributed by atoms with Gasteiger partial charge in [0.2, 0.25) is 0 Å². The number of hydrogen-bond donors (Lipinski definition) is 1. The van der Waals surface area contributed by atoms with E-state index in [0.29, 0.717) is 10.8 Å². The Morgan fingerprint density at radius 3 is 2.62 bits per heavy atom. The first-order valence-electron chi connectivity index (χ1n) is 9.92. The van der Waals surface area contributed by atoms with Crippen molar-refractivity contribution in [2.45, 2.75) is 40.3 Å². The Labute approximate surface area is 188 Å². The topological polar surface area (TPSA) is 126 Å². The molecule has 3 rings (SSSR count). The van der Waals surface area contributed by atoms with E-state index in [4.69, 9.17) is 9.47 Å². The van der Waals surface area contributed by atoms with Crippen LogP contribution in [0.3, 0.4) is 0 Å². The lowest BCUT2D eigenvalue weighted by molar-refractivity contribution is -0.384. The minimum Gasteiger partial charge on any atom is -0.495 e. The van der Waals surface area contributed by atoms with E-state index in [9.17, 15) is 19.7 Å². The number of methoxy groups -OCH3 is 1. The van der Waals surface area contributed by atoms with Crippen LogP contribution in [0.5, 0.6) is 5.75 Å². The predicted octanol–water partition coefficient (Wildman–Crippen LogP) is 4.16. The second-order valence-corrected chi connectivity index (χ2v) is 8.70. The third kappa shape index (κ3) is 4.88. The number of nitro benzene ring substituents is 1. The van der Waals surface area contributed by atoms with Crippen LogP contribution in [0.2, 0.25) is 0 Å². The van der Waals surface area contributed by atoms with E-state index < -0.39 is 22.9 Å². The standard InChI is InChI=1S/C21H24N4O6S/c1-11(2)10-24-20-15(12(3)23-24)9-18(32-20)21(27)31-13(4)19(26)22-16-8-14(25(28)29)6-7-17(16)30-5/h6-9,11,13H,10H2,1-5H3,(H,22,26). The zero-order chi connectivity index (χ0) is 23.6. The van der Waals surface area contributed by atoms with E-state index >= 15 is 0 Å². The Bertz CT molecular complexity index is 1180. The number of nitro groups is 1. The minimum atomic E-state index is -1.13. The number of aryl methyl sites for hydroxylation is 1. The van der Waals surface area contributed by atoms with E-state index in [2.05, 4.69) is 24.3 Å². The molecule has 32 heavy (non-hydrogen) atoms. The number of non-ortho nitro benzene ring substituents is 1. The number of rotatable bonds is 8. The summed E-state index contributed by atoms with van der Waals surface area (Å²) in [5.41, 5.74) is 0.724. The fourth-order valence-corrected chi connectivity index (χ4v) is 4.15. The summed E-state index contributed by atoms with van der Waals surface area (Å²) in [6.45, 7) is 8.20. The smallest absolute Gasteiger partial charge is 0.349 e. The fraction of sp³-hybridized carbons (Fsp3) is 0.381. The summed E-state index contributed by atoms with van der Waals surface area (Å²) in [4.78, 5) is 36.9. The maximum absolute atomic E-state index is 12.7. The van der Waals surface area contributed by atoms with Gasteiger partial charge in [0.1, 0.15) is 15.5 Å². The van der Waals surface area contributed by atoms with Crippen LogP contribution in [0, 0.1) is 23.0 Å². The lowest BCUT2D eigenvalue weighted by Gasteiger charge is -2.14. The molecule has 0 aliphatic heterocycles. The molecule has 1 N–H and O–H groups in total. The number of thiophene rings is 1. The van der Waals surface area contributed by atoms with Crippen LogP contribution >= 0.6 is 11.3 Å². The lowest BCUT2D eigenvalue weighted by atomic mass is 10.2. The van der Waals surface area contributed by atoms with Crippen molar-refractivity contribution in [2.75, 3.05) is 12.4 Å². The quantitative estimate of drug-likeness (QED) is 0.304. The highest BCUT2D eigenvalue weighted by Crippen LogP contribution is 2.31. The van der Waals surface area contributed by atoms with Gasteiger partial charge in [-0.2, -0.15) is 5.10 Å². The molecule has 0 saturated heterocycles. The summed E-state index contributed by atoms with van der Waals surface area (Å²) < 4.78 is 12.3. The van der Waals surface area contributed by atoms with Gasteiger partial charge < -0.3 is 14.8 Å². The predicted molar refractivity (Wildman–Crippen MR) is 120 cm³/mol. The van der Waals surface area contributed by atoms with Crippen LogP contribution in [0.1, 0.15) is 36.1 Å². The molecular weight excluding hydrogens is 436 g/mol. The summed E-state index contributed by atoms with van der Waals surface area (Å²) in [6.07, 6.45) is -1.13. The average molecular weight is 461 g/mol. The Kier molecular flexibility index (Phi) is 6.78. The van der Waals surface area contributed by atoms with E-state index in [1.807, 2.05) is 11.6 Å². The van der Waals surface area contributed by atoms with Gasteiger partial charge in [-0.1, -0.05) is 13.8 Å². The number of fused-ring (bicyclic) bond motifs is 1. The molecule has 2 heterocycles. The average Bonchev–Trinajstić information content (AvgIpc) is 3.29. The summed E-state index contributed by atoms with van der Waals surface area (Å²) in [5.74, 6) is -0.627.